The fourth-order valence-corrected chi connectivity index (χ4v) is 4.08. The van der Waals surface area contributed by atoms with Crippen LogP contribution in [0.5, 0.6) is 11.5 Å². The lowest BCUT2D eigenvalue weighted by atomic mass is 10.1. The maximum Gasteiger partial charge on any atom is 0.223 e. The van der Waals surface area contributed by atoms with Gasteiger partial charge in [-0.3, -0.25) is 4.79 Å². The Morgan fingerprint density at radius 3 is 2.63 bits per heavy atom. The number of carbonyl (C=O) groups is 1. The summed E-state index contributed by atoms with van der Waals surface area (Å²) in [6, 6.07) is 13.7. The van der Waals surface area contributed by atoms with Gasteiger partial charge in [0.05, 0.1) is 30.5 Å². The monoisotopic (exact) mass is 384 g/mol. The van der Waals surface area contributed by atoms with Gasteiger partial charge in [0.1, 0.15) is 5.01 Å². The van der Waals surface area contributed by atoms with Crippen LogP contribution in [0, 0.1) is 0 Å². The second-order valence-electron chi connectivity index (χ2n) is 6.35. The molecule has 1 amide bonds. The molecular formula is C21H24N2O3S. The van der Waals surface area contributed by atoms with E-state index in [2.05, 4.69) is 11.1 Å². The van der Waals surface area contributed by atoms with Crippen LogP contribution in [0.15, 0.2) is 42.5 Å². The number of nitrogens with zero attached hydrogens (tertiary/aromatic N) is 2. The highest BCUT2D eigenvalue weighted by atomic mass is 32.1. The number of rotatable bonds is 7. The molecule has 0 spiro atoms. The first-order valence-electron chi connectivity index (χ1n) is 8.86. The molecule has 0 radical (unpaired) electrons. The first-order valence-corrected chi connectivity index (χ1v) is 9.67. The second-order valence-corrected chi connectivity index (χ2v) is 7.42. The van der Waals surface area contributed by atoms with Crippen LogP contribution in [-0.4, -0.2) is 37.1 Å². The lowest BCUT2D eigenvalue weighted by Crippen LogP contribution is -2.29. The number of carbonyl (C=O) groups excluding carboxylic acids is 1. The third-order valence-corrected chi connectivity index (χ3v) is 5.94. The normalized spacial score (nSPS) is 12.0. The maximum atomic E-state index is 12.7. The van der Waals surface area contributed by atoms with Gasteiger partial charge >= 0.3 is 0 Å². The number of aromatic nitrogens is 1. The molecule has 0 aliphatic carbocycles. The largest absolute Gasteiger partial charge is 0.493 e. The van der Waals surface area contributed by atoms with Gasteiger partial charge in [-0.2, -0.15) is 0 Å². The minimum atomic E-state index is -0.0675. The van der Waals surface area contributed by atoms with Crippen molar-refractivity contribution in [2.24, 2.45) is 0 Å². The Kier molecular flexibility index (Phi) is 5.96. The molecule has 0 unspecified atom stereocenters. The number of ether oxygens (including phenoxy) is 2. The van der Waals surface area contributed by atoms with E-state index in [-0.39, 0.29) is 11.9 Å². The van der Waals surface area contributed by atoms with E-state index < -0.39 is 0 Å². The van der Waals surface area contributed by atoms with Crippen LogP contribution in [0.4, 0.5) is 0 Å². The number of benzene rings is 2. The fourth-order valence-electron chi connectivity index (χ4n) is 3.02. The van der Waals surface area contributed by atoms with Gasteiger partial charge in [-0.05, 0) is 37.1 Å². The lowest BCUT2D eigenvalue weighted by molar-refractivity contribution is -0.131. The number of hydrogen-bond acceptors (Lipinski definition) is 5. The van der Waals surface area contributed by atoms with Crippen molar-refractivity contribution < 1.29 is 14.3 Å². The van der Waals surface area contributed by atoms with Gasteiger partial charge in [0.25, 0.3) is 0 Å². The molecule has 1 atom stereocenters. The molecule has 3 rings (SSSR count). The van der Waals surface area contributed by atoms with E-state index in [1.165, 1.54) is 0 Å². The summed E-state index contributed by atoms with van der Waals surface area (Å²) in [7, 11) is 5.06. The Morgan fingerprint density at radius 1 is 1.15 bits per heavy atom. The Morgan fingerprint density at radius 2 is 1.93 bits per heavy atom. The molecule has 27 heavy (non-hydrogen) atoms. The van der Waals surface area contributed by atoms with Crippen LogP contribution < -0.4 is 9.47 Å². The highest BCUT2D eigenvalue weighted by molar-refractivity contribution is 7.18. The third-order valence-electron chi connectivity index (χ3n) is 4.73. The van der Waals surface area contributed by atoms with Crippen LogP contribution in [0.2, 0.25) is 0 Å². The number of amides is 1. The van der Waals surface area contributed by atoms with E-state index in [4.69, 9.17) is 9.47 Å². The molecule has 3 aromatic rings. The van der Waals surface area contributed by atoms with E-state index in [1.807, 2.05) is 50.4 Å². The fraction of sp³-hybridized carbons (Fsp3) is 0.333. The summed E-state index contributed by atoms with van der Waals surface area (Å²) in [6.45, 7) is 2.02. The van der Waals surface area contributed by atoms with E-state index in [1.54, 1.807) is 30.5 Å². The first-order chi connectivity index (χ1) is 13.0. The Labute approximate surface area is 163 Å². The van der Waals surface area contributed by atoms with Crippen LogP contribution in [0.3, 0.4) is 0 Å². The molecule has 1 heterocycles. The summed E-state index contributed by atoms with van der Waals surface area (Å²) in [4.78, 5) is 19.2. The molecule has 2 aromatic carbocycles. The van der Waals surface area contributed by atoms with Crippen LogP contribution in [-0.2, 0) is 11.2 Å². The number of methoxy groups -OCH3 is 2. The van der Waals surface area contributed by atoms with Gasteiger partial charge in [0, 0.05) is 13.5 Å². The smallest absolute Gasteiger partial charge is 0.223 e. The average Bonchev–Trinajstić information content (AvgIpc) is 3.14. The summed E-state index contributed by atoms with van der Waals surface area (Å²) < 4.78 is 11.9. The van der Waals surface area contributed by atoms with Gasteiger partial charge in [0.15, 0.2) is 11.5 Å². The van der Waals surface area contributed by atoms with Crippen molar-refractivity contribution >= 4 is 27.5 Å². The molecule has 0 aliphatic heterocycles. The van der Waals surface area contributed by atoms with Gasteiger partial charge in [0.2, 0.25) is 5.91 Å². The zero-order valence-corrected chi connectivity index (χ0v) is 16.9. The highest BCUT2D eigenvalue weighted by Gasteiger charge is 2.21. The number of aryl methyl sites for hydroxylation is 1. The molecule has 5 nitrogen and oxygen atoms in total. The van der Waals surface area contributed by atoms with Gasteiger partial charge in [-0.1, -0.05) is 24.3 Å². The molecule has 6 heteroatoms. The van der Waals surface area contributed by atoms with Crippen molar-refractivity contribution in [3.05, 3.63) is 53.0 Å². The molecular weight excluding hydrogens is 360 g/mol. The minimum Gasteiger partial charge on any atom is -0.493 e. The Hall–Kier alpha value is -2.60. The van der Waals surface area contributed by atoms with Crippen molar-refractivity contribution in [1.82, 2.24) is 9.88 Å². The van der Waals surface area contributed by atoms with Crippen molar-refractivity contribution in [2.45, 2.75) is 25.8 Å². The average molecular weight is 385 g/mol. The number of hydrogen-bond donors (Lipinski definition) is 0. The molecule has 1 aromatic heterocycles. The van der Waals surface area contributed by atoms with E-state index >= 15 is 0 Å². The van der Waals surface area contributed by atoms with Gasteiger partial charge < -0.3 is 14.4 Å². The van der Waals surface area contributed by atoms with Gasteiger partial charge in [-0.25, -0.2) is 4.98 Å². The quantitative estimate of drug-likeness (QED) is 0.603. The van der Waals surface area contributed by atoms with Crippen LogP contribution in [0.1, 0.15) is 30.0 Å². The summed E-state index contributed by atoms with van der Waals surface area (Å²) in [5.41, 5.74) is 1.94. The van der Waals surface area contributed by atoms with Crippen LogP contribution >= 0.6 is 11.3 Å². The van der Waals surface area contributed by atoms with E-state index in [0.29, 0.717) is 24.3 Å². The number of fused-ring (bicyclic) bond motifs is 1. The molecule has 0 bridgehead atoms. The summed E-state index contributed by atoms with van der Waals surface area (Å²) in [6.07, 6.45) is 0.991. The highest BCUT2D eigenvalue weighted by Crippen LogP contribution is 2.32. The van der Waals surface area contributed by atoms with Crippen LogP contribution in [0.25, 0.3) is 10.2 Å². The van der Waals surface area contributed by atoms with Crippen molar-refractivity contribution in [1.29, 1.82) is 0 Å². The van der Waals surface area contributed by atoms with Crippen molar-refractivity contribution in [3.63, 3.8) is 0 Å². The maximum absolute atomic E-state index is 12.7. The molecule has 142 valence electrons. The molecule has 0 N–H and O–H groups in total. The molecule has 0 saturated carbocycles. The predicted molar refractivity (Wildman–Crippen MR) is 109 cm³/mol. The van der Waals surface area contributed by atoms with Gasteiger partial charge in [-0.15, -0.1) is 11.3 Å². The Bertz CT molecular complexity index is 905. The molecule has 0 saturated heterocycles. The topological polar surface area (TPSA) is 51.7 Å². The molecule has 0 aliphatic rings. The zero-order valence-electron chi connectivity index (χ0n) is 16.1. The first kappa shape index (κ1) is 19.2. The number of para-hydroxylation sites is 2. The Balaban J connectivity index is 1.69. The van der Waals surface area contributed by atoms with Crippen molar-refractivity contribution in [3.8, 4) is 11.5 Å². The SMILES string of the molecule is COc1cccc(CCC(=O)N(C)[C@H](C)c2nc3ccccc3s2)c1OC. The predicted octanol–water partition coefficient (Wildman–Crippen LogP) is 4.47. The summed E-state index contributed by atoms with van der Waals surface area (Å²) in [5, 5.41) is 0.950. The standard InChI is InChI=1S/C21H24N2O3S/c1-14(21-22-16-9-5-6-11-18(16)27-21)23(2)19(24)13-12-15-8-7-10-17(25-3)20(15)26-4/h5-11,14H,12-13H2,1-4H3/t14-/m1/s1. The summed E-state index contributed by atoms with van der Waals surface area (Å²) >= 11 is 1.64. The second kappa shape index (κ2) is 8.39. The molecule has 0 fully saturated rings. The minimum absolute atomic E-state index is 0.0675. The number of thiazole rings is 1. The third kappa shape index (κ3) is 4.06. The lowest BCUT2D eigenvalue weighted by Gasteiger charge is -2.23. The van der Waals surface area contributed by atoms with E-state index in [0.717, 1.165) is 20.8 Å². The zero-order chi connectivity index (χ0) is 19.4. The summed E-state index contributed by atoms with van der Waals surface area (Å²) in [5.74, 6) is 1.44. The van der Waals surface area contributed by atoms with E-state index in [9.17, 15) is 4.79 Å². The van der Waals surface area contributed by atoms with Crippen molar-refractivity contribution in [2.75, 3.05) is 21.3 Å².